The second kappa shape index (κ2) is 8.90. The van der Waals surface area contributed by atoms with E-state index < -0.39 is 59.7 Å². The van der Waals surface area contributed by atoms with E-state index in [1.54, 1.807) is 0 Å². The third-order valence-corrected chi connectivity index (χ3v) is 7.95. The molecule has 1 aliphatic heterocycles. The molecule has 0 aliphatic carbocycles. The maximum Gasteiger partial charge on any atom is 0.280 e. The first-order chi connectivity index (χ1) is 15.0. The van der Waals surface area contributed by atoms with Gasteiger partial charge < -0.3 is 49.3 Å². The Balaban J connectivity index is 1.78. The number of imidazole rings is 1. The number of aliphatic hydroxyl groups excluding tert-OH is 2. The molecular formula is C11H14N5O14P3-4. The molecule has 5 N–H and O–H groups in total. The van der Waals surface area contributed by atoms with Crippen LogP contribution >= 0.6 is 23.5 Å². The van der Waals surface area contributed by atoms with E-state index in [0.29, 0.717) is 0 Å². The molecule has 2 aromatic rings. The molecule has 0 bridgehead atoms. The van der Waals surface area contributed by atoms with Crippen LogP contribution < -0.4 is 30.9 Å². The van der Waals surface area contributed by atoms with E-state index in [-0.39, 0.29) is 17.1 Å². The Morgan fingerprint density at radius 2 is 1.82 bits per heavy atom. The first-order valence-corrected chi connectivity index (χ1v) is 12.9. The van der Waals surface area contributed by atoms with Crippen molar-refractivity contribution in [1.29, 1.82) is 0 Å². The van der Waals surface area contributed by atoms with Crippen LogP contribution in [0.25, 0.3) is 11.2 Å². The Hall–Kier alpha value is -1.56. The normalized spacial score (nSPS) is 28.5. The molecule has 0 radical (unpaired) electrons. The van der Waals surface area contributed by atoms with Gasteiger partial charge in [0.1, 0.15) is 18.3 Å². The van der Waals surface area contributed by atoms with Gasteiger partial charge in [0.25, 0.3) is 21.2 Å². The van der Waals surface area contributed by atoms with Crippen molar-refractivity contribution in [3.63, 3.8) is 0 Å². The van der Waals surface area contributed by atoms with Crippen LogP contribution in [0.2, 0.25) is 0 Å². The fraction of sp³-hybridized carbons (Fsp3) is 0.545. The predicted molar refractivity (Wildman–Crippen MR) is 94.0 cm³/mol. The van der Waals surface area contributed by atoms with Crippen molar-refractivity contribution in [2.45, 2.75) is 37.6 Å². The summed E-state index contributed by atoms with van der Waals surface area (Å²) in [4.78, 5) is 65.5. The van der Waals surface area contributed by atoms with Crippen molar-refractivity contribution in [3.05, 3.63) is 16.7 Å². The van der Waals surface area contributed by atoms with Gasteiger partial charge in [0.05, 0.1) is 20.3 Å². The summed E-state index contributed by atoms with van der Waals surface area (Å²) < 4.78 is 50.8. The van der Waals surface area contributed by atoms with Gasteiger partial charge in [0.15, 0.2) is 17.4 Å². The highest BCUT2D eigenvalue weighted by atomic mass is 31.3. The Morgan fingerprint density at radius 1 is 1.18 bits per heavy atom. The minimum Gasteiger partial charge on any atom is -0.790 e. The van der Waals surface area contributed by atoms with Crippen molar-refractivity contribution in [2.24, 2.45) is 0 Å². The number of hydrogen-bond acceptors (Lipinski definition) is 17. The number of aliphatic hydroxyl groups is 2. The molecule has 7 atom stereocenters. The van der Waals surface area contributed by atoms with E-state index in [0.717, 1.165) is 17.8 Å². The molecule has 1 aliphatic rings. The van der Waals surface area contributed by atoms with Gasteiger partial charge in [-0.25, -0.2) is 9.29 Å². The quantitative estimate of drug-likeness (QED) is 0.232. The monoisotopic (exact) mass is 533 g/mol. The van der Waals surface area contributed by atoms with Crippen LogP contribution in [-0.2, 0) is 31.6 Å². The van der Waals surface area contributed by atoms with Crippen molar-refractivity contribution in [1.82, 2.24) is 19.5 Å². The molecule has 19 nitrogen and oxygen atoms in total. The summed E-state index contributed by atoms with van der Waals surface area (Å²) >= 11 is 0. The largest absolute Gasteiger partial charge is 0.790 e. The Morgan fingerprint density at radius 3 is 2.42 bits per heavy atom. The molecule has 3 rings (SSSR count). The number of hydrogen-bond donors (Lipinski definition) is 4. The average Bonchev–Trinajstić information content (AvgIpc) is 3.13. The van der Waals surface area contributed by atoms with E-state index >= 15 is 0 Å². The van der Waals surface area contributed by atoms with Crippen molar-refractivity contribution < 1.29 is 61.4 Å². The summed E-state index contributed by atoms with van der Waals surface area (Å²) in [5.41, 5.74) is 4.41. The number of H-pyrrole nitrogens is 1. The number of phosphoric acid groups is 3. The summed E-state index contributed by atoms with van der Waals surface area (Å²) in [7, 11) is -18.3. The second-order valence-corrected chi connectivity index (χ2v) is 10.8. The molecule has 3 unspecified atom stereocenters. The summed E-state index contributed by atoms with van der Waals surface area (Å²) in [5.74, 6) is -0.301. The zero-order chi connectivity index (χ0) is 24.9. The van der Waals surface area contributed by atoms with Gasteiger partial charge in [-0.1, -0.05) is 0 Å². The van der Waals surface area contributed by atoms with Gasteiger partial charge in [-0.3, -0.25) is 27.8 Å². The lowest BCUT2D eigenvalue weighted by Crippen LogP contribution is -2.38. The number of phosphoric ester groups is 1. The standard InChI is InChI=1S/C11H18N5O14P3/c1-3(28-32(23,24)30-33(25,26)29-31(20,21)22)7-5(17)6(18)10(27-7)16-2-13-4-8(16)14-11(12)15-9(4)19/h2-3,5-7,10,17-18H,1H3,(H,23,24)(H,25,26)(H2,20,21,22)(H3,12,14,15,19)/p-4/t3-,5+,6?,7+,10+/m0/s1. The fourth-order valence-electron chi connectivity index (χ4n) is 2.98. The molecule has 22 heteroatoms. The van der Waals surface area contributed by atoms with Gasteiger partial charge in [0.2, 0.25) is 5.95 Å². The van der Waals surface area contributed by atoms with Crippen LogP contribution in [0.5, 0.6) is 0 Å². The van der Waals surface area contributed by atoms with Gasteiger partial charge in [0, 0.05) is 0 Å². The van der Waals surface area contributed by atoms with Crippen LogP contribution in [0.3, 0.4) is 0 Å². The molecular weight excluding hydrogens is 519 g/mol. The third-order valence-electron chi connectivity index (χ3n) is 4.16. The molecule has 1 saturated heterocycles. The zero-order valence-electron chi connectivity index (χ0n) is 16.0. The van der Waals surface area contributed by atoms with Crippen LogP contribution in [0.1, 0.15) is 13.2 Å². The molecule has 0 spiro atoms. The number of nitrogens with two attached hydrogens (primary N) is 1. The lowest BCUT2D eigenvalue weighted by Gasteiger charge is -2.38. The van der Waals surface area contributed by atoms with Crippen molar-refractivity contribution in [3.8, 4) is 0 Å². The van der Waals surface area contributed by atoms with Crippen LogP contribution in [0.15, 0.2) is 11.1 Å². The first-order valence-electron chi connectivity index (χ1n) is 8.49. The Labute approximate surface area is 182 Å². The molecule has 3 heterocycles. The molecule has 0 amide bonds. The second-order valence-electron chi connectivity index (χ2n) is 6.56. The number of anilines is 1. The number of rotatable bonds is 8. The highest BCUT2D eigenvalue weighted by Crippen LogP contribution is 2.61. The Bertz CT molecular complexity index is 1240. The number of nitrogen functional groups attached to an aromatic ring is 1. The molecule has 2 aromatic heterocycles. The van der Waals surface area contributed by atoms with E-state index in [2.05, 4.69) is 28.1 Å². The van der Waals surface area contributed by atoms with E-state index in [9.17, 15) is 48.3 Å². The van der Waals surface area contributed by atoms with Gasteiger partial charge in [-0.05, 0) is 6.92 Å². The number of fused-ring (bicyclic) bond motifs is 1. The first kappa shape index (κ1) is 26.1. The highest BCUT2D eigenvalue weighted by molar-refractivity contribution is 7.64. The fourth-order valence-corrected chi connectivity index (χ4v) is 6.00. The number of aromatic amines is 1. The summed E-state index contributed by atoms with van der Waals surface area (Å²) in [5, 5.41) is 20.6. The third kappa shape index (κ3) is 5.93. The number of ether oxygens (including phenoxy) is 1. The molecule has 0 saturated carbocycles. The lowest BCUT2D eigenvalue weighted by atomic mass is 10.1. The lowest BCUT2D eigenvalue weighted by molar-refractivity contribution is -0.339. The smallest absolute Gasteiger partial charge is 0.280 e. The van der Waals surface area contributed by atoms with Gasteiger partial charge in [-0.15, -0.1) is 0 Å². The topological polar surface area (TPSA) is 310 Å². The predicted octanol–water partition coefficient (Wildman–Crippen LogP) is -4.48. The van der Waals surface area contributed by atoms with Crippen LogP contribution in [0.4, 0.5) is 5.95 Å². The zero-order valence-corrected chi connectivity index (χ0v) is 18.7. The van der Waals surface area contributed by atoms with E-state index in [1.165, 1.54) is 0 Å². The average molecular weight is 533 g/mol. The highest BCUT2D eigenvalue weighted by Gasteiger charge is 2.48. The van der Waals surface area contributed by atoms with Gasteiger partial charge in [-0.2, -0.15) is 4.98 Å². The van der Waals surface area contributed by atoms with E-state index in [1.807, 2.05) is 0 Å². The van der Waals surface area contributed by atoms with Gasteiger partial charge >= 0.3 is 0 Å². The number of nitrogens with one attached hydrogen (secondary N) is 1. The Kier molecular flexibility index (Phi) is 7.03. The maximum absolute atomic E-state index is 11.9. The summed E-state index contributed by atoms with van der Waals surface area (Å²) in [6.45, 7) is 0.965. The number of aromatic nitrogens is 4. The summed E-state index contributed by atoms with van der Waals surface area (Å²) in [6.07, 6.45) is -7.44. The van der Waals surface area contributed by atoms with Crippen LogP contribution in [-0.4, -0.2) is 54.1 Å². The number of nitrogens with zero attached hydrogens (tertiary/aromatic N) is 3. The maximum atomic E-state index is 11.9. The summed E-state index contributed by atoms with van der Waals surface area (Å²) in [6, 6.07) is 0. The van der Waals surface area contributed by atoms with Crippen molar-refractivity contribution >= 4 is 40.6 Å². The minimum atomic E-state index is -6.20. The molecule has 0 aromatic carbocycles. The van der Waals surface area contributed by atoms with Crippen LogP contribution in [0, 0.1) is 0 Å². The molecule has 186 valence electrons. The molecule has 1 fully saturated rings. The minimum absolute atomic E-state index is 0.149. The van der Waals surface area contributed by atoms with E-state index in [4.69, 9.17) is 10.5 Å². The SMILES string of the molecule is C[C@H](OP(=O)([O-])OP(=O)([O-])OP(=O)([O-])[O-])[C@H]1O[C@@H](n2cnc3c(=O)[nH]c(N)nc32)C(O)[C@H]1O. The molecule has 33 heavy (non-hydrogen) atoms. The van der Waals surface area contributed by atoms with Crippen molar-refractivity contribution in [2.75, 3.05) is 5.73 Å².